The molecule has 0 aliphatic heterocycles. The first-order valence-corrected chi connectivity index (χ1v) is 10.4. The molecule has 0 aliphatic rings. The van der Waals surface area contributed by atoms with Crippen LogP contribution in [-0.4, -0.2) is 46.6 Å². The Morgan fingerprint density at radius 1 is 0.963 bits per heavy atom. The van der Waals surface area contributed by atoms with E-state index in [-0.39, 0.29) is 10.7 Å². The molecule has 7 nitrogen and oxygen atoms in total. The van der Waals surface area contributed by atoms with Gasteiger partial charge in [-0.25, -0.2) is 18.4 Å². The van der Waals surface area contributed by atoms with Crippen LogP contribution in [0.25, 0.3) is 10.8 Å². The second-order valence-electron chi connectivity index (χ2n) is 6.39. The van der Waals surface area contributed by atoms with Crippen LogP contribution in [0.2, 0.25) is 0 Å². The molecular formula is C18H20BrN5O2S. The Morgan fingerprint density at radius 3 is 2.30 bits per heavy atom. The van der Waals surface area contributed by atoms with Crippen molar-refractivity contribution in [3.63, 3.8) is 0 Å². The summed E-state index contributed by atoms with van der Waals surface area (Å²) in [5, 5.41) is 1.51. The Labute approximate surface area is 167 Å². The van der Waals surface area contributed by atoms with Crippen molar-refractivity contribution in [3.8, 4) is 0 Å². The predicted octanol–water partition coefficient (Wildman–Crippen LogP) is 3.33. The van der Waals surface area contributed by atoms with E-state index in [2.05, 4.69) is 30.6 Å². The smallest absolute Gasteiger partial charge is 0.263 e. The molecule has 0 unspecified atom stereocenters. The van der Waals surface area contributed by atoms with E-state index >= 15 is 0 Å². The third-order valence-corrected chi connectivity index (χ3v) is 5.79. The molecule has 27 heavy (non-hydrogen) atoms. The van der Waals surface area contributed by atoms with Crippen LogP contribution in [0.1, 0.15) is 0 Å². The molecule has 0 spiro atoms. The Morgan fingerprint density at radius 2 is 1.63 bits per heavy atom. The summed E-state index contributed by atoms with van der Waals surface area (Å²) >= 11 is 3.26. The van der Waals surface area contributed by atoms with Gasteiger partial charge in [-0.05, 0) is 28.1 Å². The molecule has 0 bridgehead atoms. The van der Waals surface area contributed by atoms with Gasteiger partial charge in [-0.2, -0.15) is 0 Å². The SMILES string of the molecule is CN(C)c1nc(Br)cnc1NS(=O)(=O)c1cccc2c(N(C)C)cccc12. The van der Waals surface area contributed by atoms with Crippen LogP contribution in [0, 0.1) is 0 Å². The number of nitrogens with one attached hydrogen (secondary N) is 1. The van der Waals surface area contributed by atoms with Crippen LogP contribution >= 0.6 is 15.9 Å². The minimum absolute atomic E-state index is 0.170. The molecule has 0 atom stereocenters. The maximum atomic E-state index is 13.1. The van der Waals surface area contributed by atoms with Crippen molar-refractivity contribution in [3.05, 3.63) is 47.2 Å². The fraction of sp³-hybridized carbons (Fsp3) is 0.222. The predicted molar refractivity (Wildman–Crippen MR) is 113 cm³/mol. The van der Waals surface area contributed by atoms with Crippen LogP contribution in [0.5, 0.6) is 0 Å². The topological polar surface area (TPSA) is 78.4 Å². The molecule has 3 aromatic rings. The molecule has 142 valence electrons. The molecule has 0 aliphatic carbocycles. The van der Waals surface area contributed by atoms with E-state index < -0.39 is 10.0 Å². The first kappa shape index (κ1) is 19.4. The third kappa shape index (κ3) is 3.84. The first-order chi connectivity index (χ1) is 12.7. The zero-order chi connectivity index (χ0) is 19.8. The molecule has 0 saturated heterocycles. The second kappa shape index (κ2) is 7.32. The van der Waals surface area contributed by atoms with Crippen molar-refractivity contribution in [1.29, 1.82) is 0 Å². The molecule has 9 heteroatoms. The third-order valence-electron chi connectivity index (χ3n) is 4.01. The Bertz CT molecular complexity index is 1100. The van der Waals surface area contributed by atoms with Gasteiger partial charge in [-0.1, -0.05) is 24.3 Å². The molecule has 1 N–H and O–H groups in total. The van der Waals surface area contributed by atoms with E-state index in [1.54, 1.807) is 37.2 Å². The Balaban J connectivity index is 2.13. The quantitative estimate of drug-likeness (QED) is 0.643. The number of fused-ring (bicyclic) bond motifs is 1. The number of sulfonamides is 1. The summed E-state index contributed by atoms with van der Waals surface area (Å²) in [7, 11) is 3.53. The fourth-order valence-electron chi connectivity index (χ4n) is 2.81. The first-order valence-electron chi connectivity index (χ1n) is 8.12. The monoisotopic (exact) mass is 449 g/mol. The van der Waals surface area contributed by atoms with Crippen molar-refractivity contribution in [2.45, 2.75) is 4.90 Å². The number of rotatable bonds is 5. The van der Waals surface area contributed by atoms with Gasteiger partial charge in [0.2, 0.25) is 0 Å². The standard InChI is InChI=1S/C18H20BrN5O2S/c1-23(2)14-9-5-8-13-12(14)7-6-10-15(13)27(25,26)22-17-18(24(3)4)21-16(19)11-20-17/h5-11H,1-4H3,(H,20,22). The van der Waals surface area contributed by atoms with Gasteiger partial charge in [0.25, 0.3) is 10.0 Å². The van der Waals surface area contributed by atoms with Gasteiger partial charge < -0.3 is 9.80 Å². The van der Waals surface area contributed by atoms with Gasteiger partial charge in [0.05, 0.1) is 11.1 Å². The van der Waals surface area contributed by atoms with E-state index in [1.807, 2.05) is 37.2 Å². The van der Waals surface area contributed by atoms with Crippen LogP contribution in [-0.2, 0) is 10.0 Å². The van der Waals surface area contributed by atoms with Crippen LogP contribution < -0.4 is 14.5 Å². The highest BCUT2D eigenvalue weighted by Crippen LogP contribution is 2.32. The zero-order valence-corrected chi connectivity index (χ0v) is 17.8. The Kier molecular flexibility index (Phi) is 5.25. The summed E-state index contributed by atoms with van der Waals surface area (Å²) in [6, 6.07) is 10.8. The van der Waals surface area contributed by atoms with Crippen LogP contribution in [0.15, 0.2) is 52.1 Å². The molecular weight excluding hydrogens is 430 g/mol. The van der Waals surface area contributed by atoms with E-state index in [9.17, 15) is 8.42 Å². The lowest BCUT2D eigenvalue weighted by Crippen LogP contribution is -2.20. The van der Waals surface area contributed by atoms with E-state index in [0.29, 0.717) is 15.8 Å². The molecule has 0 saturated carbocycles. The summed E-state index contributed by atoms with van der Waals surface area (Å²) in [5.41, 5.74) is 0.946. The molecule has 1 heterocycles. The summed E-state index contributed by atoms with van der Waals surface area (Å²) < 4.78 is 29.4. The lowest BCUT2D eigenvalue weighted by atomic mass is 10.1. The van der Waals surface area contributed by atoms with Gasteiger partial charge in [-0.15, -0.1) is 0 Å². The second-order valence-corrected chi connectivity index (χ2v) is 8.85. The van der Waals surface area contributed by atoms with E-state index in [1.165, 1.54) is 6.20 Å². The number of anilines is 3. The molecule has 0 radical (unpaired) electrons. The van der Waals surface area contributed by atoms with Gasteiger partial charge in [-0.3, -0.25) is 4.72 Å². The fourth-order valence-corrected chi connectivity index (χ4v) is 4.32. The van der Waals surface area contributed by atoms with Crippen molar-refractivity contribution >= 4 is 54.0 Å². The maximum Gasteiger partial charge on any atom is 0.263 e. The minimum atomic E-state index is -3.86. The molecule has 0 fully saturated rings. The molecule has 0 amide bonds. The number of hydrogen-bond acceptors (Lipinski definition) is 6. The minimum Gasteiger partial charge on any atom is -0.377 e. The normalized spacial score (nSPS) is 11.4. The largest absolute Gasteiger partial charge is 0.377 e. The van der Waals surface area contributed by atoms with Gasteiger partial charge in [0.15, 0.2) is 11.6 Å². The van der Waals surface area contributed by atoms with Crippen LogP contribution in [0.4, 0.5) is 17.3 Å². The Hall–Kier alpha value is -2.39. The number of nitrogens with zero attached hydrogens (tertiary/aromatic N) is 4. The van der Waals surface area contributed by atoms with Crippen LogP contribution in [0.3, 0.4) is 0 Å². The van der Waals surface area contributed by atoms with Crippen molar-refractivity contribution in [2.75, 3.05) is 42.7 Å². The van der Waals surface area contributed by atoms with Crippen molar-refractivity contribution in [2.24, 2.45) is 0 Å². The number of benzene rings is 2. The molecule has 1 aromatic heterocycles. The van der Waals surface area contributed by atoms with Crippen molar-refractivity contribution < 1.29 is 8.42 Å². The summed E-state index contributed by atoms with van der Waals surface area (Å²) in [5.74, 6) is 0.589. The summed E-state index contributed by atoms with van der Waals surface area (Å²) in [6.07, 6.45) is 1.46. The average molecular weight is 450 g/mol. The van der Waals surface area contributed by atoms with E-state index in [0.717, 1.165) is 11.1 Å². The lowest BCUT2D eigenvalue weighted by Gasteiger charge is -2.18. The van der Waals surface area contributed by atoms with Gasteiger partial charge in [0.1, 0.15) is 4.60 Å². The highest BCUT2D eigenvalue weighted by Gasteiger charge is 2.22. The molecule has 3 rings (SSSR count). The molecule has 2 aromatic carbocycles. The highest BCUT2D eigenvalue weighted by molar-refractivity contribution is 9.10. The number of hydrogen-bond donors (Lipinski definition) is 1. The lowest BCUT2D eigenvalue weighted by molar-refractivity contribution is 0.602. The summed E-state index contributed by atoms with van der Waals surface area (Å²) in [6.45, 7) is 0. The van der Waals surface area contributed by atoms with Gasteiger partial charge >= 0.3 is 0 Å². The van der Waals surface area contributed by atoms with Crippen molar-refractivity contribution in [1.82, 2.24) is 9.97 Å². The number of aromatic nitrogens is 2. The zero-order valence-electron chi connectivity index (χ0n) is 15.4. The van der Waals surface area contributed by atoms with Gasteiger partial charge in [0, 0.05) is 44.7 Å². The van der Waals surface area contributed by atoms with E-state index in [4.69, 9.17) is 0 Å². The maximum absolute atomic E-state index is 13.1. The number of halogens is 1. The summed E-state index contributed by atoms with van der Waals surface area (Å²) in [4.78, 5) is 12.3. The highest BCUT2D eigenvalue weighted by atomic mass is 79.9. The average Bonchev–Trinajstić information content (AvgIpc) is 2.61.